The molecule has 0 bridgehead atoms. The van der Waals surface area contributed by atoms with E-state index in [9.17, 15) is 27.6 Å². The first kappa shape index (κ1) is 24.5. The molecule has 0 atom stereocenters. The number of alkyl halides is 3. The SMILES string of the molecule is Cc1ccc(NC(=O)CSCC(=O)OCC(=O)c2cc(C)n(CC(F)(F)F)c2C)cc1. The average molecular weight is 456 g/mol. The molecule has 1 aromatic heterocycles. The standard InChI is InChI=1S/C21H23F3N2O4S/c1-13-4-6-16(7-5-13)25-19(28)10-31-11-20(29)30-9-18(27)17-8-14(2)26(15(17)3)12-21(22,23)24/h4-8H,9-12H2,1-3H3,(H,25,28). The number of Topliss-reactive ketones (excluding diaryl/α,β-unsaturated/α-hetero) is 1. The summed E-state index contributed by atoms with van der Waals surface area (Å²) in [6.45, 7) is 3.04. The van der Waals surface area contributed by atoms with E-state index in [4.69, 9.17) is 4.74 Å². The molecule has 0 saturated heterocycles. The van der Waals surface area contributed by atoms with E-state index in [2.05, 4.69) is 5.32 Å². The van der Waals surface area contributed by atoms with Gasteiger partial charge < -0.3 is 14.6 Å². The molecule has 0 saturated carbocycles. The quantitative estimate of drug-likeness (QED) is 0.455. The zero-order valence-electron chi connectivity index (χ0n) is 17.3. The van der Waals surface area contributed by atoms with Gasteiger partial charge in [-0.15, -0.1) is 11.8 Å². The first-order chi connectivity index (χ1) is 14.5. The van der Waals surface area contributed by atoms with E-state index in [0.717, 1.165) is 21.9 Å². The molecule has 168 valence electrons. The van der Waals surface area contributed by atoms with Crippen molar-refractivity contribution in [2.24, 2.45) is 0 Å². The van der Waals surface area contributed by atoms with Gasteiger partial charge in [0.15, 0.2) is 6.61 Å². The van der Waals surface area contributed by atoms with Crippen molar-refractivity contribution in [1.82, 2.24) is 4.57 Å². The maximum Gasteiger partial charge on any atom is 0.406 e. The molecule has 0 fully saturated rings. The Morgan fingerprint density at radius 1 is 1.06 bits per heavy atom. The molecule has 1 aromatic carbocycles. The highest BCUT2D eigenvalue weighted by atomic mass is 32.2. The number of thioether (sulfide) groups is 1. The van der Waals surface area contributed by atoms with E-state index in [-0.39, 0.29) is 28.7 Å². The molecular formula is C21H23F3N2O4S. The van der Waals surface area contributed by atoms with Gasteiger partial charge in [0.1, 0.15) is 6.54 Å². The first-order valence-electron chi connectivity index (χ1n) is 9.33. The van der Waals surface area contributed by atoms with E-state index in [1.807, 2.05) is 19.1 Å². The Balaban J connectivity index is 1.77. The summed E-state index contributed by atoms with van der Waals surface area (Å²) >= 11 is 1.03. The van der Waals surface area contributed by atoms with Crippen LogP contribution < -0.4 is 5.32 Å². The van der Waals surface area contributed by atoms with Crippen molar-refractivity contribution in [2.45, 2.75) is 33.5 Å². The number of hydrogen-bond donors (Lipinski definition) is 1. The number of nitrogens with zero attached hydrogens (tertiary/aromatic N) is 1. The third-order valence-corrected chi connectivity index (χ3v) is 5.27. The highest BCUT2D eigenvalue weighted by molar-refractivity contribution is 8.00. The van der Waals surface area contributed by atoms with Crippen LogP contribution in [0.25, 0.3) is 0 Å². The molecule has 1 amide bonds. The van der Waals surface area contributed by atoms with Crippen LogP contribution in [-0.2, 0) is 20.9 Å². The van der Waals surface area contributed by atoms with Crippen LogP contribution in [0.4, 0.5) is 18.9 Å². The molecule has 0 unspecified atom stereocenters. The molecule has 0 aliphatic carbocycles. The zero-order chi connectivity index (χ0) is 23.2. The van der Waals surface area contributed by atoms with Crippen LogP contribution in [0, 0.1) is 20.8 Å². The van der Waals surface area contributed by atoms with Gasteiger partial charge >= 0.3 is 12.1 Å². The van der Waals surface area contributed by atoms with Gasteiger partial charge in [0, 0.05) is 22.6 Å². The van der Waals surface area contributed by atoms with Crippen LogP contribution in [0.1, 0.15) is 27.3 Å². The van der Waals surface area contributed by atoms with Gasteiger partial charge in [0.25, 0.3) is 0 Å². The third kappa shape index (κ3) is 7.78. The van der Waals surface area contributed by atoms with Gasteiger partial charge in [-0.1, -0.05) is 17.7 Å². The van der Waals surface area contributed by atoms with Gasteiger partial charge in [-0.05, 0) is 39.0 Å². The molecule has 0 spiro atoms. The molecule has 2 rings (SSSR count). The minimum Gasteiger partial charge on any atom is -0.457 e. The Morgan fingerprint density at radius 3 is 2.32 bits per heavy atom. The van der Waals surface area contributed by atoms with Crippen LogP contribution in [-0.4, -0.2) is 46.5 Å². The van der Waals surface area contributed by atoms with Crippen molar-refractivity contribution in [3.05, 3.63) is 52.8 Å². The Kier molecular flexibility index (Phi) is 8.32. The Morgan fingerprint density at radius 2 is 1.71 bits per heavy atom. The Hall–Kier alpha value is -2.75. The fourth-order valence-electron chi connectivity index (χ4n) is 2.83. The van der Waals surface area contributed by atoms with Gasteiger partial charge in [0.2, 0.25) is 11.7 Å². The lowest BCUT2D eigenvalue weighted by molar-refractivity contribution is -0.141. The number of benzene rings is 1. The van der Waals surface area contributed by atoms with Gasteiger partial charge in [-0.2, -0.15) is 13.2 Å². The predicted molar refractivity (Wildman–Crippen MR) is 112 cm³/mol. The van der Waals surface area contributed by atoms with Gasteiger partial charge in [-0.25, -0.2) is 0 Å². The number of ether oxygens (including phenoxy) is 1. The lowest BCUT2D eigenvalue weighted by Gasteiger charge is -2.12. The minimum atomic E-state index is -4.41. The number of nitrogens with one attached hydrogen (secondary N) is 1. The summed E-state index contributed by atoms with van der Waals surface area (Å²) in [5.74, 6) is -1.67. The second-order valence-corrected chi connectivity index (χ2v) is 7.96. The number of carbonyl (C=O) groups is 3. The summed E-state index contributed by atoms with van der Waals surface area (Å²) < 4.78 is 43.9. The van der Waals surface area contributed by atoms with Crippen molar-refractivity contribution < 1.29 is 32.3 Å². The maximum atomic E-state index is 12.7. The molecule has 10 heteroatoms. The maximum absolute atomic E-state index is 12.7. The van der Waals surface area contributed by atoms with Crippen LogP contribution in [0.3, 0.4) is 0 Å². The zero-order valence-corrected chi connectivity index (χ0v) is 18.2. The first-order valence-corrected chi connectivity index (χ1v) is 10.5. The largest absolute Gasteiger partial charge is 0.457 e. The summed E-state index contributed by atoms with van der Waals surface area (Å²) in [4.78, 5) is 36.0. The number of aryl methyl sites for hydroxylation is 2. The summed E-state index contributed by atoms with van der Waals surface area (Å²) in [6, 6.07) is 8.60. The van der Waals surface area contributed by atoms with E-state index in [1.165, 1.54) is 19.9 Å². The predicted octanol–water partition coefficient (Wildman–Crippen LogP) is 4.07. The molecule has 1 heterocycles. The number of hydrogen-bond acceptors (Lipinski definition) is 5. The highest BCUT2D eigenvalue weighted by Gasteiger charge is 2.30. The molecule has 1 N–H and O–H groups in total. The van der Waals surface area contributed by atoms with Crippen molar-refractivity contribution >= 4 is 35.1 Å². The summed E-state index contributed by atoms with van der Waals surface area (Å²) in [6.07, 6.45) is -4.41. The van der Waals surface area contributed by atoms with Crippen molar-refractivity contribution in [3.8, 4) is 0 Å². The second-order valence-electron chi connectivity index (χ2n) is 6.98. The van der Waals surface area contributed by atoms with E-state index >= 15 is 0 Å². The third-order valence-electron chi connectivity index (χ3n) is 4.36. The molecule has 0 aliphatic rings. The number of rotatable bonds is 9. The van der Waals surface area contributed by atoms with E-state index in [1.54, 1.807) is 12.1 Å². The number of aromatic nitrogens is 1. The highest BCUT2D eigenvalue weighted by Crippen LogP contribution is 2.23. The molecule has 0 radical (unpaired) electrons. The second kappa shape index (κ2) is 10.5. The van der Waals surface area contributed by atoms with Crippen LogP contribution >= 0.6 is 11.8 Å². The Bertz CT molecular complexity index is 953. The minimum absolute atomic E-state index is 0.0233. The van der Waals surface area contributed by atoms with Crippen molar-refractivity contribution in [2.75, 3.05) is 23.4 Å². The summed E-state index contributed by atoms with van der Waals surface area (Å²) in [5, 5.41) is 2.70. The van der Waals surface area contributed by atoms with Crippen LogP contribution in [0.2, 0.25) is 0 Å². The number of amides is 1. The number of halogens is 3. The fraction of sp³-hybridized carbons (Fsp3) is 0.381. The van der Waals surface area contributed by atoms with Gasteiger partial charge in [0.05, 0.1) is 11.5 Å². The molecule has 2 aromatic rings. The smallest absolute Gasteiger partial charge is 0.406 e. The topological polar surface area (TPSA) is 77.4 Å². The van der Waals surface area contributed by atoms with Crippen molar-refractivity contribution in [3.63, 3.8) is 0 Å². The van der Waals surface area contributed by atoms with E-state index in [0.29, 0.717) is 11.4 Å². The molecular weight excluding hydrogens is 433 g/mol. The Labute approximate surface area is 182 Å². The lowest BCUT2D eigenvalue weighted by Crippen LogP contribution is -2.20. The average Bonchev–Trinajstić information content (AvgIpc) is 2.95. The molecule has 6 nitrogen and oxygen atoms in total. The fourth-order valence-corrected chi connectivity index (χ4v) is 3.44. The number of carbonyl (C=O) groups excluding carboxylic acids is 3. The summed E-state index contributed by atoms with van der Waals surface area (Å²) in [7, 11) is 0. The monoisotopic (exact) mass is 456 g/mol. The van der Waals surface area contributed by atoms with Crippen LogP contribution in [0.15, 0.2) is 30.3 Å². The number of anilines is 1. The normalized spacial score (nSPS) is 11.3. The van der Waals surface area contributed by atoms with E-state index < -0.39 is 31.1 Å². The summed E-state index contributed by atoms with van der Waals surface area (Å²) in [5.41, 5.74) is 2.25. The van der Waals surface area contributed by atoms with Gasteiger partial charge in [-0.3, -0.25) is 14.4 Å². The van der Waals surface area contributed by atoms with Crippen LogP contribution in [0.5, 0.6) is 0 Å². The molecule has 31 heavy (non-hydrogen) atoms. The molecule has 0 aliphatic heterocycles. The number of esters is 1. The van der Waals surface area contributed by atoms with Crippen molar-refractivity contribution in [1.29, 1.82) is 0 Å². The number of ketones is 1. The lowest BCUT2D eigenvalue weighted by atomic mass is 10.1.